The van der Waals surface area contributed by atoms with Gasteiger partial charge in [-0.25, -0.2) is 8.42 Å². The van der Waals surface area contributed by atoms with Crippen molar-refractivity contribution in [1.29, 1.82) is 0 Å². The molecule has 0 aliphatic rings. The first-order valence-electron chi connectivity index (χ1n) is 9.66. The second kappa shape index (κ2) is 10.4. The number of nitrogens with one attached hydrogen (secondary N) is 1. The van der Waals surface area contributed by atoms with Gasteiger partial charge in [-0.15, -0.1) is 0 Å². The number of carbonyl (C=O) groups excluding carboxylic acids is 1. The van der Waals surface area contributed by atoms with Gasteiger partial charge in [0, 0.05) is 17.6 Å². The van der Waals surface area contributed by atoms with Crippen LogP contribution >= 0.6 is 11.6 Å². The molecule has 9 heteroatoms. The molecule has 0 unspecified atom stereocenters. The molecular weight excluding hydrogens is 452 g/mol. The van der Waals surface area contributed by atoms with Gasteiger partial charge in [-0.1, -0.05) is 41.9 Å². The molecule has 0 heterocycles. The molecule has 0 radical (unpaired) electrons. The lowest BCUT2D eigenvalue weighted by atomic mass is 10.2. The van der Waals surface area contributed by atoms with Crippen LogP contribution in [-0.2, 0) is 21.4 Å². The highest BCUT2D eigenvalue weighted by Gasteiger charge is 2.28. The summed E-state index contributed by atoms with van der Waals surface area (Å²) >= 11 is 5.89. The third-order valence-corrected chi connectivity index (χ3v) is 6.72. The van der Waals surface area contributed by atoms with Crippen LogP contribution in [0.1, 0.15) is 5.56 Å². The largest absolute Gasteiger partial charge is 0.493 e. The van der Waals surface area contributed by atoms with Crippen LogP contribution in [0.4, 0.5) is 5.69 Å². The van der Waals surface area contributed by atoms with Gasteiger partial charge in [0.05, 0.1) is 24.8 Å². The standard InChI is InChI=1S/C23H23ClN2O5S/c1-30-21-13-12-19(14-22(21)31-2)26(32(28,29)20-6-4-3-5-7-20)16-23(27)25-15-17-8-10-18(24)11-9-17/h3-14H,15-16H2,1-2H3,(H,25,27). The second-order valence-corrected chi connectivity index (χ2v) is 9.07. The number of amides is 1. The molecule has 1 N–H and O–H groups in total. The average molecular weight is 475 g/mol. The maximum atomic E-state index is 13.4. The van der Waals surface area contributed by atoms with Crippen molar-refractivity contribution in [3.8, 4) is 11.5 Å². The van der Waals surface area contributed by atoms with E-state index in [9.17, 15) is 13.2 Å². The molecule has 0 aromatic heterocycles. The van der Waals surface area contributed by atoms with Gasteiger partial charge in [-0.2, -0.15) is 0 Å². The van der Waals surface area contributed by atoms with Crippen LogP contribution in [0.3, 0.4) is 0 Å². The monoisotopic (exact) mass is 474 g/mol. The van der Waals surface area contributed by atoms with E-state index in [2.05, 4.69) is 5.32 Å². The van der Waals surface area contributed by atoms with E-state index in [0.717, 1.165) is 9.87 Å². The zero-order valence-electron chi connectivity index (χ0n) is 17.6. The highest BCUT2D eigenvalue weighted by atomic mass is 35.5. The number of methoxy groups -OCH3 is 2. The minimum absolute atomic E-state index is 0.0697. The van der Waals surface area contributed by atoms with Crippen molar-refractivity contribution >= 4 is 33.2 Å². The summed E-state index contributed by atoms with van der Waals surface area (Å²) in [7, 11) is -1.08. The fourth-order valence-electron chi connectivity index (χ4n) is 3.00. The van der Waals surface area contributed by atoms with E-state index in [4.69, 9.17) is 21.1 Å². The predicted molar refractivity (Wildman–Crippen MR) is 124 cm³/mol. The molecule has 168 valence electrons. The van der Waals surface area contributed by atoms with Gasteiger partial charge in [0.15, 0.2) is 11.5 Å². The molecule has 0 fully saturated rings. The van der Waals surface area contributed by atoms with E-state index in [1.807, 2.05) is 0 Å². The highest BCUT2D eigenvalue weighted by molar-refractivity contribution is 7.92. The first-order chi connectivity index (χ1) is 15.3. The van der Waals surface area contributed by atoms with Crippen LogP contribution in [0.2, 0.25) is 5.02 Å². The summed E-state index contributed by atoms with van der Waals surface area (Å²) in [6.45, 7) is -0.179. The lowest BCUT2D eigenvalue weighted by Crippen LogP contribution is -2.40. The molecule has 0 spiro atoms. The molecule has 3 aromatic rings. The van der Waals surface area contributed by atoms with Gasteiger partial charge in [0.1, 0.15) is 6.54 Å². The van der Waals surface area contributed by atoms with Crippen LogP contribution in [0.25, 0.3) is 0 Å². The van der Waals surface area contributed by atoms with Gasteiger partial charge in [0.25, 0.3) is 10.0 Å². The highest BCUT2D eigenvalue weighted by Crippen LogP contribution is 2.33. The van der Waals surface area contributed by atoms with Crippen molar-refractivity contribution in [2.75, 3.05) is 25.1 Å². The van der Waals surface area contributed by atoms with E-state index in [1.165, 1.54) is 32.4 Å². The number of rotatable bonds is 9. The number of ether oxygens (including phenoxy) is 2. The SMILES string of the molecule is COc1ccc(N(CC(=O)NCc2ccc(Cl)cc2)S(=O)(=O)c2ccccc2)cc1OC. The molecule has 0 saturated heterocycles. The summed E-state index contributed by atoms with van der Waals surface area (Å²) in [4.78, 5) is 12.8. The Labute approximate surface area is 192 Å². The Morgan fingerprint density at radius 2 is 1.59 bits per heavy atom. The molecule has 3 aromatic carbocycles. The van der Waals surface area contributed by atoms with Crippen molar-refractivity contribution in [2.24, 2.45) is 0 Å². The Kier molecular flexibility index (Phi) is 7.61. The number of hydrogen-bond donors (Lipinski definition) is 1. The van der Waals surface area contributed by atoms with Crippen LogP contribution in [0, 0.1) is 0 Å². The summed E-state index contributed by atoms with van der Waals surface area (Å²) in [5.41, 5.74) is 1.11. The second-order valence-electron chi connectivity index (χ2n) is 6.77. The van der Waals surface area contributed by atoms with E-state index >= 15 is 0 Å². The summed E-state index contributed by atoms with van der Waals surface area (Å²) in [5.74, 6) is 0.328. The van der Waals surface area contributed by atoms with Gasteiger partial charge in [-0.05, 0) is 42.0 Å². The summed E-state index contributed by atoms with van der Waals surface area (Å²) in [5, 5.41) is 3.34. The molecule has 0 aliphatic carbocycles. The molecule has 0 aliphatic heterocycles. The maximum absolute atomic E-state index is 13.4. The molecule has 3 rings (SSSR count). The van der Waals surface area contributed by atoms with Crippen molar-refractivity contribution in [1.82, 2.24) is 5.32 Å². The molecule has 7 nitrogen and oxygen atoms in total. The minimum Gasteiger partial charge on any atom is -0.493 e. The normalized spacial score (nSPS) is 11.0. The number of halogens is 1. The maximum Gasteiger partial charge on any atom is 0.264 e. The minimum atomic E-state index is -4.02. The first-order valence-corrected chi connectivity index (χ1v) is 11.5. The Morgan fingerprint density at radius 1 is 0.938 bits per heavy atom. The van der Waals surface area contributed by atoms with Crippen LogP contribution < -0.4 is 19.1 Å². The molecule has 32 heavy (non-hydrogen) atoms. The number of benzene rings is 3. The van der Waals surface area contributed by atoms with Crippen molar-refractivity contribution in [3.63, 3.8) is 0 Å². The van der Waals surface area contributed by atoms with Gasteiger partial charge < -0.3 is 14.8 Å². The van der Waals surface area contributed by atoms with Crippen molar-refractivity contribution < 1.29 is 22.7 Å². The van der Waals surface area contributed by atoms with Gasteiger partial charge >= 0.3 is 0 Å². The topological polar surface area (TPSA) is 84.9 Å². The molecule has 0 atom stereocenters. The Hall–Kier alpha value is -3.23. The Morgan fingerprint density at radius 3 is 2.22 bits per heavy atom. The van der Waals surface area contributed by atoms with E-state index in [-0.39, 0.29) is 17.1 Å². The van der Waals surface area contributed by atoms with Crippen LogP contribution in [-0.4, -0.2) is 35.1 Å². The first kappa shape index (κ1) is 23.4. The lowest BCUT2D eigenvalue weighted by Gasteiger charge is -2.25. The smallest absolute Gasteiger partial charge is 0.264 e. The Balaban J connectivity index is 1.90. The van der Waals surface area contributed by atoms with E-state index < -0.39 is 22.5 Å². The number of nitrogens with zero attached hydrogens (tertiary/aromatic N) is 1. The summed E-state index contributed by atoms with van der Waals surface area (Å²) < 4.78 is 38.4. The Bertz CT molecular complexity index is 1170. The van der Waals surface area contributed by atoms with E-state index in [1.54, 1.807) is 54.6 Å². The van der Waals surface area contributed by atoms with E-state index in [0.29, 0.717) is 16.5 Å². The zero-order chi connectivity index (χ0) is 23.1. The van der Waals surface area contributed by atoms with Gasteiger partial charge in [-0.3, -0.25) is 9.10 Å². The van der Waals surface area contributed by atoms with Crippen LogP contribution in [0.5, 0.6) is 11.5 Å². The molecule has 1 amide bonds. The van der Waals surface area contributed by atoms with Crippen LogP contribution in [0.15, 0.2) is 77.7 Å². The average Bonchev–Trinajstić information content (AvgIpc) is 2.82. The number of carbonyl (C=O) groups is 1. The summed E-state index contributed by atoms with van der Waals surface area (Å²) in [6.07, 6.45) is 0. The fourth-order valence-corrected chi connectivity index (χ4v) is 4.56. The predicted octanol–water partition coefficient (Wildman–Crippen LogP) is 3.87. The number of sulfonamides is 1. The molecule has 0 bridgehead atoms. The number of anilines is 1. The third kappa shape index (κ3) is 5.52. The summed E-state index contributed by atoms with van der Waals surface area (Å²) in [6, 6.07) is 19.6. The van der Waals surface area contributed by atoms with Crippen molar-refractivity contribution in [2.45, 2.75) is 11.4 Å². The molecular formula is C23H23ClN2O5S. The zero-order valence-corrected chi connectivity index (χ0v) is 19.2. The fraction of sp³-hybridized carbons (Fsp3) is 0.174. The van der Waals surface area contributed by atoms with Gasteiger partial charge in [0.2, 0.25) is 5.91 Å². The van der Waals surface area contributed by atoms with Crippen molar-refractivity contribution in [3.05, 3.63) is 83.4 Å². The molecule has 0 saturated carbocycles. The quantitative estimate of drug-likeness (QED) is 0.509. The number of hydrogen-bond acceptors (Lipinski definition) is 5. The third-order valence-electron chi connectivity index (χ3n) is 4.68. The lowest BCUT2D eigenvalue weighted by molar-refractivity contribution is -0.119.